The third-order valence-electron chi connectivity index (χ3n) is 9.86. The quantitative estimate of drug-likeness (QED) is 0.191. The van der Waals surface area contributed by atoms with Gasteiger partial charge in [0.05, 0.1) is 38.3 Å². The van der Waals surface area contributed by atoms with Crippen LogP contribution in [-0.2, 0) is 27.4 Å². The third-order valence-corrected chi connectivity index (χ3v) is 12.9. The van der Waals surface area contributed by atoms with E-state index in [2.05, 4.69) is 51.5 Å². The highest BCUT2D eigenvalue weighted by Crippen LogP contribution is 2.51. The zero-order valence-corrected chi connectivity index (χ0v) is 27.6. The van der Waals surface area contributed by atoms with E-state index in [1.54, 1.807) is 11.3 Å². The van der Waals surface area contributed by atoms with Crippen molar-refractivity contribution in [3.63, 3.8) is 0 Å². The average Bonchev–Trinajstić information content (AvgIpc) is 3.86. The number of hydrogen-bond donors (Lipinski definition) is 2. The molecule has 5 aromatic rings. The summed E-state index contributed by atoms with van der Waals surface area (Å²) in [5.41, 5.74) is 5.33. The van der Waals surface area contributed by atoms with E-state index in [4.69, 9.17) is 14.7 Å². The minimum absolute atomic E-state index is 0.0631. The van der Waals surface area contributed by atoms with Gasteiger partial charge in [0.25, 0.3) is 0 Å². The molecule has 10 nitrogen and oxygen atoms in total. The van der Waals surface area contributed by atoms with Crippen molar-refractivity contribution >= 4 is 37.1 Å². The van der Waals surface area contributed by atoms with Crippen LogP contribution in [0, 0.1) is 11.8 Å². The van der Waals surface area contributed by atoms with Crippen LogP contribution in [0.4, 0.5) is 5.82 Å². The number of sulfone groups is 1. The molecule has 0 radical (unpaired) electrons. The Morgan fingerprint density at radius 1 is 1.09 bits per heavy atom. The van der Waals surface area contributed by atoms with Crippen LogP contribution in [0.5, 0.6) is 0 Å². The summed E-state index contributed by atoms with van der Waals surface area (Å²) in [4.78, 5) is 20.3. The molecule has 1 unspecified atom stereocenters. The molecule has 1 fully saturated rings. The number of anilines is 1. The van der Waals surface area contributed by atoms with Crippen molar-refractivity contribution in [1.29, 1.82) is 0 Å². The van der Waals surface area contributed by atoms with E-state index < -0.39 is 9.84 Å². The van der Waals surface area contributed by atoms with Crippen LogP contribution in [0.1, 0.15) is 74.1 Å². The van der Waals surface area contributed by atoms with Crippen LogP contribution in [0.25, 0.3) is 31.9 Å². The predicted octanol–water partition coefficient (Wildman–Crippen LogP) is 6.52. The molecule has 1 aliphatic carbocycles. The minimum atomic E-state index is -3.62. The number of nitrogens with one attached hydrogen (secondary N) is 2. The molecule has 12 heteroatoms. The van der Waals surface area contributed by atoms with E-state index in [0.29, 0.717) is 27.9 Å². The highest BCUT2D eigenvalue weighted by atomic mass is 32.2. The van der Waals surface area contributed by atoms with Gasteiger partial charge < -0.3 is 10.1 Å². The number of aryl methyl sites for hydroxylation is 2. The number of nitrogens with zero attached hydrogens (tertiary/aromatic N) is 5. The van der Waals surface area contributed by atoms with E-state index in [0.717, 1.165) is 89.5 Å². The van der Waals surface area contributed by atoms with E-state index in [1.807, 2.05) is 24.5 Å². The van der Waals surface area contributed by atoms with Crippen molar-refractivity contribution in [2.45, 2.75) is 69.2 Å². The standard InChI is InChI=1S/C34H37N7O3S2/c1-19(2)23-17-46(42,43)32-29(28(33-37-18-38-41-33)26(39-30(23)32)6-5-20-10-14-44-15-11-20)27-16-21-9-13-36-34(31(21)45-27)40-25-8-7-24-22(25)4-3-12-35-24/h3-4,9,12-13,16,18-20,23,25H,5-8,10-11,14-15,17H2,1-2H3,(H,36,40)(H,37,38,41)/t23-,25?/m0/s1. The number of hydrogen-bond acceptors (Lipinski definition) is 10. The Hall–Kier alpha value is -3.74. The number of thiophene rings is 1. The van der Waals surface area contributed by atoms with Crippen molar-refractivity contribution in [2.75, 3.05) is 24.3 Å². The fraction of sp³-hybridized carbons (Fsp3) is 0.441. The molecule has 0 bridgehead atoms. The lowest BCUT2D eigenvalue weighted by Gasteiger charge is -2.23. The van der Waals surface area contributed by atoms with E-state index >= 15 is 0 Å². The molecule has 0 aromatic carbocycles. The Morgan fingerprint density at radius 2 is 1.96 bits per heavy atom. The molecule has 8 rings (SSSR count). The first kappa shape index (κ1) is 29.6. The highest BCUT2D eigenvalue weighted by molar-refractivity contribution is 7.92. The fourth-order valence-corrected chi connectivity index (χ4v) is 10.9. The van der Waals surface area contributed by atoms with Crippen LogP contribution < -0.4 is 5.32 Å². The molecular weight excluding hydrogens is 619 g/mol. The van der Waals surface area contributed by atoms with Crippen LogP contribution in [-0.4, -0.2) is 57.5 Å². The molecule has 238 valence electrons. The van der Waals surface area contributed by atoms with Gasteiger partial charge in [-0.05, 0) is 79.5 Å². The molecule has 5 aromatic heterocycles. The summed E-state index contributed by atoms with van der Waals surface area (Å²) in [5.74, 6) is 1.90. The number of rotatable bonds is 8. The SMILES string of the molecule is CC(C)[C@@H]1CS(=O)(=O)c2c1nc(CCC1CCOCC1)c(-c1ncn[nH]1)c2-c1cc2ccnc(NC3CCc4ncccc43)c2s1. The molecule has 46 heavy (non-hydrogen) atoms. The monoisotopic (exact) mass is 655 g/mol. The van der Waals surface area contributed by atoms with Gasteiger partial charge in [0, 0.05) is 47.7 Å². The number of fused-ring (bicyclic) bond motifs is 3. The molecule has 7 heterocycles. The zero-order chi connectivity index (χ0) is 31.4. The maximum atomic E-state index is 14.1. The summed E-state index contributed by atoms with van der Waals surface area (Å²) in [5, 5.41) is 11.9. The number of H-pyrrole nitrogens is 1. The Balaban J connectivity index is 1.30. The topological polar surface area (TPSA) is 136 Å². The number of ether oxygens (including phenoxy) is 1. The predicted molar refractivity (Wildman–Crippen MR) is 179 cm³/mol. The molecule has 2 atom stereocenters. The first-order valence-corrected chi connectivity index (χ1v) is 18.7. The van der Waals surface area contributed by atoms with Gasteiger partial charge in [-0.2, -0.15) is 5.10 Å². The van der Waals surface area contributed by atoms with Gasteiger partial charge in [-0.3, -0.25) is 15.1 Å². The second-order valence-corrected chi connectivity index (χ2v) is 16.1. The number of aromatic amines is 1. The third kappa shape index (κ3) is 5.20. The fourth-order valence-electron chi connectivity index (χ4n) is 7.40. The first-order chi connectivity index (χ1) is 22.4. The van der Waals surface area contributed by atoms with Crippen molar-refractivity contribution in [3.05, 3.63) is 65.6 Å². The zero-order valence-electron chi connectivity index (χ0n) is 26.0. The summed E-state index contributed by atoms with van der Waals surface area (Å²) in [6, 6.07) is 8.33. The van der Waals surface area contributed by atoms with E-state index in [1.165, 1.54) is 11.9 Å². The van der Waals surface area contributed by atoms with E-state index in [9.17, 15) is 8.42 Å². The second-order valence-electron chi connectivity index (χ2n) is 13.0. The summed E-state index contributed by atoms with van der Waals surface area (Å²) in [6.45, 7) is 5.74. The summed E-state index contributed by atoms with van der Waals surface area (Å²) < 4.78 is 34.8. The van der Waals surface area contributed by atoms with Crippen molar-refractivity contribution in [1.82, 2.24) is 30.1 Å². The van der Waals surface area contributed by atoms with Crippen LogP contribution in [0.15, 0.2) is 47.9 Å². The molecule has 0 amide bonds. The van der Waals surface area contributed by atoms with Crippen molar-refractivity contribution < 1.29 is 13.2 Å². The molecule has 2 aliphatic heterocycles. The largest absolute Gasteiger partial charge is 0.381 e. The molecular formula is C34H37N7O3S2. The molecule has 2 N–H and O–H groups in total. The van der Waals surface area contributed by atoms with Gasteiger partial charge in [0.15, 0.2) is 15.7 Å². The molecule has 0 spiro atoms. The van der Waals surface area contributed by atoms with Gasteiger partial charge in [-0.1, -0.05) is 19.9 Å². The number of pyridine rings is 3. The molecule has 3 aliphatic rings. The van der Waals surface area contributed by atoms with Gasteiger partial charge in [-0.15, -0.1) is 11.3 Å². The first-order valence-electron chi connectivity index (χ1n) is 16.2. The molecule has 1 saturated heterocycles. The summed E-state index contributed by atoms with van der Waals surface area (Å²) in [7, 11) is -3.62. The van der Waals surface area contributed by atoms with Gasteiger partial charge in [0.2, 0.25) is 0 Å². The average molecular weight is 656 g/mol. The van der Waals surface area contributed by atoms with Gasteiger partial charge >= 0.3 is 0 Å². The molecule has 0 saturated carbocycles. The van der Waals surface area contributed by atoms with Crippen LogP contribution in [0.2, 0.25) is 0 Å². The van der Waals surface area contributed by atoms with Gasteiger partial charge in [-0.25, -0.2) is 18.4 Å². The Morgan fingerprint density at radius 3 is 2.76 bits per heavy atom. The smallest absolute Gasteiger partial charge is 0.181 e. The lowest BCUT2D eigenvalue weighted by Crippen LogP contribution is -2.17. The summed E-state index contributed by atoms with van der Waals surface area (Å²) >= 11 is 1.57. The lowest BCUT2D eigenvalue weighted by molar-refractivity contribution is 0.0639. The summed E-state index contributed by atoms with van der Waals surface area (Å²) in [6.07, 6.45) is 10.7. The minimum Gasteiger partial charge on any atom is -0.381 e. The Labute approximate surface area is 272 Å². The van der Waals surface area contributed by atoms with E-state index in [-0.39, 0.29) is 23.6 Å². The highest BCUT2D eigenvalue weighted by Gasteiger charge is 2.43. The maximum Gasteiger partial charge on any atom is 0.181 e. The second kappa shape index (κ2) is 11.8. The van der Waals surface area contributed by atoms with Gasteiger partial charge in [0.1, 0.15) is 12.1 Å². The Bertz CT molecular complexity index is 2020. The number of aromatic nitrogens is 6. The van der Waals surface area contributed by atoms with Crippen LogP contribution >= 0.6 is 11.3 Å². The normalized spacial score (nSPS) is 20.8. The Kier molecular flexibility index (Phi) is 7.61. The van der Waals surface area contributed by atoms with Crippen molar-refractivity contribution in [2.24, 2.45) is 11.8 Å². The van der Waals surface area contributed by atoms with Crippen molar-refractivity contribution in [3.8, 4) is 21.8 Å². The van der Waals surface area contributed by atoms with Crippen LogP contribution in [0.3, 0.4) is 0 Å². The lowest BCUT2D eigenvalue weighted by atomic mass is 9.89. The maximum absolute atomic E-state index is 14.1.